The van der Waals surface area contributed by atoms with Crippen LogP contribution in [0.15, 0.2) is 5.38 Å². The monoisotopic (exact) mass is 353 g/mol. The summed E-state index contributed by atoms with van der Waals surface area (Å²) in [6.07, 6.45) is -4.81. The Hall–Kier alpha value is -1.84. The van der Waals surface area contributed by atoms with E-state index in [4.69, 9.17) is 5.11 Å². The molecule has 0 saturated carbocycles. The lowest BCUT2D eigenvalue weighted by Crippen LogP contribution is -2.51. The van der Waals surface area contributed by atoms with Gasteiger partial charge in [-0.15, -0.1) is 11.3 Å². The highest BCUT2D eigenvalue weighted by atomic mass is 32.1. The van der Waals surface area contributed by atoms with E-state index in [9.17, 15) is 22.8 Å². The van der Waals surface area contributed by atoms with E-state index in [0.717, 1.165) is 11.3 Å². The van der Waals surface area contributed by atoms with E-state index in [1.807, 2.05) is 5.32 Å². The molecule has 3 N–H and O–H groups in total. The van der Waals surface area contributed by atoms with Gasteiger partial charge in [0.25, 0.3) is 0 Å². The minimum atomic E-state index is -4.69. The van der Waals surface area contributed by atoms with Gasteiger partial charge >= 0.3 is 18.2 Å². The molecule has 0 aromatic carbocycles. The van der Waals surface area contributed by atoms with E-state index in [-0.39, 0.29) is 17.8 Å². The topological polar surface area (TPSA) is 91.3 Å². The number of aliphatic carboxylic acids is 1. The zero-order valence-electron chi connectivity index (χ0n) is 12.8. The van der Waals surface area contributed by atoms with Crippen LogP contribution in [0.25, 0.3) is 0 Å². The Kier molecular flexibility index (Phi) is 5.98. The Morgan fingerprint density at radius 2 is 2.00 bits per heavy atom. The summed E-state index contributed by atoms with van der Waals surface area (Å²) in [4.78, 5) is 26.2. The van der Waals surface area contributed by atoms with Gasteiger partial charge in [-0.25, -0.2) is 9.78 Å². The molecule has 1 aromatic heterocycles. The first-order chi connectivity index (χ1) is 10.4. The molecular formula is C13H18F3N3O3S. The quantitative estimate of drug-likeness (QED) is 0.733. The van der Waals surface area contributed by atoms with Crippen molar-refractivity contribution in [3.8, 4) is 0 Å². The molecule has 1 heterocycles. The Balaban J connectivity index is 2.76. The molecular weight excluding hydrogens is 335 g/mol. The van der Waals surface area contributed by atoms with Gasteiger partial charge in [-0.1, -0.05) is 0 Å². The van der Waals surface area contributed by atoms with Crippen LogP contribution in [0.2, 0.25) is 0 Å². The average Bonchev–Trinajstić information content (AvgIpc) is 2.78. The molecule has 0 radical (unpaired) electrons. The lowest BCUT2D eigenvalue weighted by molar-refractivity contribution is -0.155. The lowest BCUT2D eigenvalue weighted by atomic mass is 9.99. The van der Waals surface area contributed by atoms with Crippen molar-refractivity contribution in [2.75, 3.05) is 0 Å². The Morgan fingerprint density at radius 1 is 1.39 bits per heavy atom. The molecule has 10 heteroatoms. The van der Waals surface area contributed by atoms with Gasteiger partial charge in [-0.05, 0) is 27.2 Å². The number of thiazole rings is 1. The van der Waals surface area contributed by atoms with E-state index >= 15 is 0 Å². The minimum absolute atomic E-state index is 0.0861. The molecule has 23 heavy (non-hydrogen) atoms. The third kappa shape index (κ3) is 6.43. The number of nitrogens with one attached hydrogen (secondary N) is 2. The number of aryl methyl sites for hydroxylation is 1. The van der Waals surface area contributed by atoms with Crippen LogP contribution in [0.4, 0.5) is 18.0 Å². The van der Waals surface area contributed by atoms with Gasteiger partial charge in [0.1, 0.15) is 5.01 Å². The molecule has 2 amide bonds. The van der Waals surface area contributed by atoms with Gasteiger partial charge < -0.3 is 15.7 Å². The third-order valence-electron chi connectivity index (χ3n) is 2.90. The molecule has 0 spiro atoms. The number of hydrogen-bond acceptors (Lipinski definition) is 4. The molecule has 0 saturated heterocycles. The number of aromatic nitrogens is 1. The fourth-order valence-electron chi connectivity index (χ4n) is 1.74. The average molecular weight is 353 g/mol. The predicted molar refractivity (Wildman–Crippen MR) is 78.3 cm³/mol. The van der Waals surface area contributed by atoms with Gasteiger partial charge in [0.2, 0.25) is 0 Å². The number of carbonyl (C=O) groups is 2. The van der Waals surface area contributed by atoms with Gasteiger partial charge in [-0.2, -0.15) is 13.2 Å². The lowest BCUT2D eigenvalue weighted by Gasteiger charge is -2.27. The van der Waals surface area contributed by atoms with Crippen LogP contribution in [-0.2, 0) is 4.79 Å². The van der Waals surface area contributed by atoms with E-state index < -0.39 is 29.8 Å². The van der Waals surface area contributed by atoms with Crippen LogP contribution < -0.4 is 10.6 Å². The van der Waals surface area contributed by atoms with Crippen molar-refractivity contribution in [2.45, 2.75) is 51.4 Å². The first kappa shape index (κ1) is 19.2. The maximum absolute atomic E-state index is 13.1. The van der Waals surface area contributed by atoms with Crippen LogP contribution in [0, 0.1) is 6.92 Å². The van der Waals surface area contributed by atoms with Crippen molar-refractivity contribution >= 4 is 23.3 Å². The summed E-state index contributed by atoms with van der Waals surface area (Å²) in [5.74, 6) is -1.05. The standard InChI is InChI=1S/C13H18F3N3O3S/c1-7-6-23-10(17-7)9(13(14,15)16)18-11(22)19-12(2,3)5-4-8(20)21/h6,9H,4-5H2,1-3H3,(H,20,21)(H2,18,19,22). The molecule has 130 valence electrons. The number of carboxylic acids is 1. The van der Waals surface area contributed by atoms with E-state index in [0.29, 0.717) is 5.69 Å². The van der Waals surface area contributed by atoms with Crippen molar-refractivity contribution in [3.05, 3.63) is 16.1 Å². The molecule has 0 bridgehead atoms. The zero-order valence-corrected chi connectivity index (χ0v) is 13.6. The van der Waals surface area contributed by atoms with E-state index in [1.165, 1.54) is 19.2 Å². The van der Waals surface area contributed by atoms with Crippen molar-refractivity contribution in [3.63, 3.8) is 0 Å². The maximum Gasteiger partial charge on any atom is 0.415 e. The van der Waals surface area contributed by atoms with Crippen LogP contribution in [0.3, 0.4) is 0 Å². The fraction of sp³-hybridized carbons (Fsp3) is 0.615. The molecule has 1 atom stereocenters. The first-order valence-electron chi connectivity index (χ1n) is 6.70. The molecule has 0 aliphatic rings. The molecule has 0 fully saturated rings. The fourth-order valence-corrected chi connectivity index (χ4v) is 2.61. The summed E-state index contributed by atoms with van der Waals surface area (Å²) in [7, 11) is 0. The second kappa shape index (κ2) is 7.16. The molecule has 1 rings (SSSR count). The Bertz CT molecular complexity index is 572. The number of carbonyl (C=O) groups excluding carboxylic acids is 1. The summed E-state index contributed by atoms with van der Waals surface area (Å²) in [6.45, 7) is 4.62. The summed E-state index contributed by atoms with van der Waals surface area (Å²) in [6, 6.07) is -3.24. The van der Waals surface area contributed by atoms with Crippen LogP contribution >= 0.6 is 11.3 Å². The van der Waals surface area contributed by atoms with Gasteiger partial charge in [0.15, 0.2) is 6.04 Å². The largest absolute Gasteiger partial charge is 0.481 e. The van der Waals surface area contributed by atoms with Crippen molar-refractivity contribution < 1.29 is 27.9 Å². The Labute approximate surface area is 135 Å². The van der Waals surface area contributed by atoms with Crippen LogP contribution in [-0.4, -0.2) is 33.8 Å². The summed E-state index contributed by atoms with van der Waals surface area (Å²) in [5, 5.41) is 14.0. The molecule has 0 aliphatic heterocycles. The van der Waals surface area contributed by atoms with Gasteiger partial charge in [-0.3, -0.25) is 4.79 Å². The van der Waals surface area contributed by atoms with E-state index in [2.05, 4.69) is 10.3 Å². The number of carboxylic acid groups (broad SMARTS) is 1. The van der Waals surface area contributed by atoms with E-state index in [1.54, 1.807) is 6.92 Å². The summed E-state index contributed by atoms with van der Waals surface area (Å²) in [5.41, 5.74) is -0.527. The highest BCUT2D eigenvalue weighted by Crippen LogP contribution is 2.34. The van der Waals surface area contributed by atoms with Crippen molar-refractivity contribution in [2.24, 2.45) is 0 Å². The highest BCUT2D eigenvalue weighted by Gasteiger charge is 2.44. The first-order valence-corrected chi connectivity index (χ1v) is 7.58. The summed E-state index contributed by atoms with van der Waals surface area (Å²) >= 11 is 0.807. The van der Waals surface area contributed by atoms with Gasteiger partial charge in [0.05, 0.1) is 0 Å². The normalized spacial score (nSPS) is 13.5. The number of amides is 2. The number of rotatable bonds is 6. The second-order valence-corrected chi connectivity index (χ2v) is 6.57. The molecule has 0 aliphatic carbocycles. The number of alkyl halides is 3. The van der Waals surface area contributed by atoms with Crippen LogP contribution in [0.1, 0.15) is 43.4 Å². The number of nitrogens with zero attached hydrogens (tertiary/aromatic N) is 1. The highest BCUT2D eigenvalue weighted by molar-refractivity contribution is 7.09. The zero-order chi connectivity index (χ0) is 17.8. The Morgan fingerprint density at radius 3 is 2.43 bits per heavy atom. The van der Waals surface area contributed by atoms with Crippen molar-refractivity contribution in [1.82, 2.24) is 15.6 Å². The van der Waals surface area contributed by atoms with Gasteiger partial charge in [0, 0.05) is 23.0 Å². The number of urea groups is 1. The number of halogens is 3. The molecule has 6 nitrogen and oxygen atoms in total. The third-order valence-corrected chi connectivity index (χ3v) is 3.93. The second-order valence-electron chi connectivity index (χ2n) is 5.68. The minimum Gasteiger partial charge on any atom is -0.481 e. The molecule has 1 unspecified atom stereocenters. The van der Waals surface area contributed by atoms with Crippen LogP contribution in [0.5, 0.6) is 0 Å². The summed E-state index contributed by atoms with van der Waals surface area (Å²) < 4.78 is 39.3. The molecule has 1 aromatic rings. The van der Waals surface area contributed by atoms with Crippen molar-refractivity contribution in [1.29, 1.82) is 0 Å². The number of hydrogen-bond donors (Lipinski definition) is 3. The smallest absolute Gasteiger partial charge is 0.415 e. The predicted octanol–water partition coefficient (Wildman–Crippen LogP) is 3.00. The SMILES string of the molecule is Cc1csc(C(NC(=O)NC(C)(C)CCC(=O)O)C(F)(F)F)n1. The maximum atomic E-state index is 13.1.